The van der Waals surface area contributed by atoms with E-state index in [4.69, 9.17) is 4.98 Å². The molecule has 0 aliphatic carbocycles. The van der Waals surface area contributed by atoms with Crippen LogP contribution in [0.4, 0.5) is 0 Å². The zero-order chi connectivity index (χ0) is 26.6. The summed E-state index contributed by atoms with van der Waals surface area (Å²) in [5.74, 6) is 0.939. The molecule has 6 nitrogen and oxygen atoms in total. The number of fused-ring (bicyclic) bond motifs is 4. The van der Waals surface area contributed by atoms with E-state index in [1.165, 1.54) is 10.8 Å². The summed E-state index contributed by atoms with van der Waals surface area (Å²) in [5, 5.41) is 6.93. The molecule has 0 saturated carbocycles. The lowest BCUT2D eigenvalue weighted by Crippen LogP contribution is -2.01. The van der Waals surface area contributed by atoms with Crippen molar-refractivity contribution in [3.05, 3.63) is 128 Å². The van der Waals surface area contributed by atoms with E-state index in [0.29, 0.717) is 0 Å². The molecule has 4 heterocycles. The van der Waals surface area contributed by atoms with Crippen LogP contribution < -0.4 is 0 Å². The molecule has 0 aliphatic heterocycles. The molecule has 0 bridgehead atoms. The van der Waals surface area contributed by atoms with E-state index >= 15 is 0 Å². The molecule has 6 heteroatoms. The summed E-state index contributed by atoms with van der Waals surface area (Å²) in [7, 11) is 2.08. The Hall–Kier alpha value is -5.49. The highest BCUT2D eigenvalue weighted by Gasteiger charge is 2.19. The molecule has 0 unspecified atom stereocenters. The van der Waals surface area contributed by atoms with Crippen LogP contribution in [0.2, 0.25) is 0 Å². The quantitative estimate of drug-likeness (QED) is 0.242. The van der Waals surface area contributed by atoms with Crippen molar-refractivity contribution in [3.63, 3.8) is 0 Å². The Bertz CT molecular complexity index is 2170. The van der Waals surface area contributed by atoms with Crippen LogP contribution >= 0.6 is 0 Å². The number of nitrogens with zero attached hydrogens (tertiary/aromatic N) is 6. The van der Waals surface area contributed by atoms with Crippen LogP contribution in [0, 0.1) is 0 Å². The van der Waals surface area contributed by atoms with Crippen molar-refractivity contribution in [2.75, 3.05) is 0 Å². The van der Waals surface area contributed by atoms with E-state index in [9.17, 15) is 0 Å². The standard InChI is InChI=1S/C34H24N6/c1-38-30-14-3-2-13-29(30)37-34(38)24-16-17-26-27-11-7-15-31(39-20-8-19-36-39)33(27)40(32(26)22-24)25-10-6-9-23(21-25)28-12-4-5-18-35-28/h2-22H,1H3. The molecule has 4 aromatic heterocycles. The number of hydrogen-bond acceptors (Lipinski definition) is 3. The van der Waals surface area contributed by atoms with Crippen LogP contribution in [0.25, 0.3) is 66.9 Å². The third-order valence-electron chi connectivity index (χ3n) is 7.63. The summed E-state index contributed by atoms with van der Waals surface area (Å²) in [6, 6.07) is 37.9. The Balaban J connectivity index is 1.45. The first-order valence-electron chi connectivity index (χ1n) is 13.3. The number of aromatic nitrogens is 6. The lowest BCUT2D eigenvalue weighted by molar-refractivity contribution is 0.882. The van der Waals surface area contributed by atoms with Gasteiger partial charge in [-0.15, -0.1) is 0 Å². The van der Waals surface area contributed by atoms with Crippen molar-refractivity contribution in [1.82, 2.24) is 28.9 Å². The van der Waals surface area contributed by atoms with Gasteiger partial charge in [-0.3, -0.25) is 4.98 Å². The number of pyridine rings is 1. The first kappa shape index (κ1) is 22.5. The zero-order valence-corrected chi connectivity index (χ0v) is 21.8. The Labute approximate surface area is 230 Å². The largest absolute Gasteiger partial charge is 0.327 e. The summed E-state index contributed by atoms with van der Waals surface area (Å²) in [5.41, 5.74) is 9.47. The molecular weight excluding hydrogens is 492 g/mol. The van der Waals surface area contributed by atoms with Crippen molar-refractivity contribution in [2.45, 2.75) is 0 Å². The van der Waals surface area contributed by atoms with Crippen LogP contribution in [-0.4, -0.2) is 28.9 Å². The monoisotopic (exact) mass is 516 g/mol. The van der Waals surface area contributed by atoms with Crippen LogP contribution in [0.3, 0.4) is 0 Å². The van der Waals surface area contributed by atoms with E-state index in [2.05, 4.69) is 105 Å². The van der Waals surface area contributed by atoms with Gasteiger partial charge < -0.3 is 9.13 Å². The van der Waals surface area contributed by atoms with Crippen LogP contribution in [0.15, 0.2) is 128 Å². The summed E-state index contributed by atoms with van der Waals surface area (Å²) in [6.45, 7) is 0. The van der Waals surface area contributed by atoms with E-state index in [1.807, 2.05) is 53.6 Å². The molecule has 0 saturated heterocycles. The highest BCUT2D eigenvalue weighted by atomic mass is 15.3. The predicted molar refractivity (Wildman–Crippen MR) is 161 cm³/mol. The lowest BCUT2D eigenvalue weighted by Gasteiger charge is -2.13. The first-order chi connectivity index (χ1) is 19.8. The van der Waals surface area contributed by atoms with Crippen LogP contribution in [0.5, 0.6) is 0 Å². The van der Waals surface area contributed by atoms with Gasteiger partial charge in [0.15, 0.2) is 0 Å². The number of imidazole rings is 1. The predicted octanol–water partition coefficient (Wildman–Crippen LogP) is 7.59. The highest BCUT2D eigenvalue weighted by molar-refractivity contribution is 6.12. The maximum Gasteiger partial charge on any atom is 0.140 e. The first-order valence-corrected chi connectivity index (χ1v) is 13.3. The van der Waals surface area contributed by atoms with Crippen LogP contribution in [0.1, 0.15) is 0 Å². The maximum absolute atomic E-state index is 4.99. The molecule has 0 amide bonds. The van der Waals surface area contributed by atoms with Gasteiger partial charge in [0.25, 0.3) is 0 Å². The Morgan fingerprint density at radius 2 is 1.55 bits per heavy atom. The van der Waals surface area contributed by atoms with E-state index < -0.39 is 0 Å². The molecule has 8 rings (SSSR count). The highest BCUT2D eigenvalue weighted by Crippen LogP contribution is 2.38. The molecule has 0 spiro atoms. The second-order valence-corrected chi connectivity index (χ2v) is 9.94. The Morgan fingerprint density at radius 3 is 2.40 bits per heavy atom. The van der Waals surface area contributed by atoms with Crippen molar-refractivity contribution in [1.29, 1.82) is 0 Å². The van der Waals surface area contributed by atoms with Gasteiger partial charge in [-0.2, -0.15) is 5.10 Å². The van der Waals surface area contributed by atoms with Gasteiger partial charge in [0.05, 0.1) is 33.4 Å². The van der Waals surface area contributed by atoms with Crippen molar-refractivity contribution >= 4 is 32.8 Å². The molecule has 4 aromatic carbocycles. The van der Waals surface area contributed by atoms with E-state index in [1.54, 1.807) is 0 Å². The Morgan fingerprint density at radius 1 is 0.650 bits per heavy atom. The minimum Gasteiger partial charge on any atom is -0.327 e. The molecule has 40 heavy (non-hydrogen) atoms. The normalized spacial score (nSPS) is 11.6. The second-order valence-electron chi connectivity index (χ2n) is 9.94. The molecular formula is C34H24N6. The van der Waals surface area contributed by atoms with Gasteiger partial charge in [0.1, 0.15) is 5.82 Å². The molecule has 190 valence electrons. The lowest BCUT2D eigenvalue weighted by atomic mass is 10.1. The summed E-state index contributed by atoms with van der Waals surface area (Å²) in [6.07, 6.45) is 5.64. The van der Waals surface area contributed by atoms with Crippen molar-refractivity contribution in [3.8, 4) is 34.0 Å². The molecule has 0 radical (unpaired) electrons. The average Bonchev–Trinajstić information content (AvgIpc) is 3.74. The topological polar surface area (TPSA) is 53.5 Å². The number of aryl methyl sites for hydroxylation is 1. The molecule has 0 aliphatic rings. The fourth-order valence-electron chi connectivity index (χ4n) is 5.79. The van der Waals surface area contributed by atoms with Gasteiger partial charge in [-0.1, -0.05) is 54.6 Å². The Kier molecular flexibility index (Phi) is 4.94. The number of para-hydroxylation sites is 3. The number of hydrogen-bond donors (Lipinski definition) is 0. The zero-order valence-electron chi connectivity index (χ0n) is 21.8. The summed E-state index contributed by atoms with van der Waals surface area (Å²) in [4.78, 5) is 9.59. The SMILES string of the molecule is Cn1c(-c2ccc3c4cccc(-n5cccn5)c4n(-c4cccc(-c5ccccn5)c4)c3c2)nc2ccccc21. The van der Waals surface area contributed by atoms with Gasteiger partial charge in [-0.25, -0.2) is 9.67 Å². The fraction of sp³-hybridized carbons (Fsp3) is 0.0294. The van der Waals surface area contributed by atoms with Crippen molar-refractivity contribution < 1.29 is 0 Å². The second kappa shape index (κ2) is 8.78. The average molecular weight is 517 g/mol. The third-order valence-corrected chi connectivity index (χ3v) is 7.63. The van der Waals surface area contributed by atoms with Gasteiger partial charge >= 0.3 is 0 Å². The maximum atomic E-state index is 4.99. The van der Waals surface area contributed by atoms with Gasteiger partial charge in [0.2, 0.25) is 0 Å². The number of rotatable bonds is 4. The van der Waals surface area contributed by atoms with Gasteiger partial charge in [0, 0.05) is 53.2 Å². The number of benzene rings is 4. The van der Waals surface area contributed by atoms with Crippen molar-refractivity contribution in [2.24, 2.45) is 7.05 Å². The molecule has 0 fully saturated rings. The molecule has 0 atom stereocenters. The summed E-state index contributed by atoms with van der Waals surface area (Å²) >= 11 is 0. The van der Waals surface area contributed by atoms with Gasteiger partial charge in [-0.05, 0) is 54.6 Å². The molecule has 8 aromatic rings. The molecule has 0 N–H and O–H groups in total. The van der Waals surface area contributed by atoms with E-state index in [0.717, 1.165) is 56.1 Å². The minimum atomic E-state index is 0.939. The third kappa shape index (κ3) is 3.39. The minimum absolute atomic E-state index is 0.939. The summed E-state index contributed by atoms with van der Waals surface area (Å²) < 4.78 is 6.45. The van der Waals surface area contributed by atoms with Crippen LogP contribution in [-0.2, 0) is 7.05 Å². The smallest absolute Gasteiger partial charge is 0.140 e. The fourth-order valence-corrected chi connectivity index (χ4v) is 5.79. The van der Waals surface area contributed by atoms with E-state index in [-0.39, 0.29) is 0 Å².